The van der Waals surface area contributed by atoms with E-state index >= 15 is 0 Å². The fraction of sp³-hybridized carbons (Fsp3) is 0.316. The molecule has 23 heavy (non-hydrogen) atoms. The molecule has 0 fully saturated rings. The van der Waals surface area contributed by atoms with Crippen molar-refractivity contribution >= 4 is 21.8 Å². The SMILES string of the molecule is COc1cccc(Br)c1CC(=O)N1CCc2ccccc2[C@@H]1C. The first-order valence-corrected chi connectivity index (χ1v) is 8.59. The van der Waals surface area contributed by atoms with E-state index in [0.717, 1.165) is 28.8 Å². The normalized spacial score (nSPS) is 16.8. The zero-order chi connectivity index (χ0) is 16.4. The summed E-state index contributed by atoms with van der Waals surface area (Å²) < 4.78 is 6.31. The van der Waals surface area contributed by atoms with Crippen LogP contribution >= 0.6 is 15.9 Å². The number of ether oxygens (including phenoxy) is 1. The van der Waals surface area contributed by atoms with E-state index in [-0.39, 0.29) is 11.9 Å². The average molecular weight is 374 g/mol. The molecule has 2 aromatic rings. The summed E-state index contributed by atoms with van der Waals surface area (Å²) in [6.45, 7) is 2.87. The van der Waals surface area contributed by atoms with Crippen LogP contribution in [0.25, 0.3) is 0 Å². The van der Waals surface area contributed by atoms with Gasteiger partial charge in [-0.15, -0.1) is 0 Å². The van der Waals surface area contributed by atoms with Crippen LogP contribution in [0.15, 0.2) is 46.9 Å². The third kappa shape index (κ3) is 3.13. The number of carbonyl (C=O) groups excluding carboxylic acids is 1. The van der Waals surface area contributed by atoms with Crippen LogP contribution in [0.4, 0.5) is 0 Å². The summed E-state index contributed by atoms with van der Waals surface area (Å²) in [5.74, 6) is 0.884. The van der Waals surface area contributed by atoms with Crippen LogP contribution in [-0.2, 0) is 17.6 Å². The Balaban J connectivity index is 1.83. The van der Waals surface area contributed by atoms with Crippen molar-refractivity contribution < 1.29 is 9.53 Å². The van der Waals surface area contributed by atoms with Gasteiger partial charge in [0.15, 0.2) is 0 Å². The summed E-state index contributed by atoms with van der Waals surface area (Å²) in [7, 11) is 1.63. The highest BCUT2D eigenvalue weighted by atomic mass is 79.9. The lowest BCUT2D eigenvalue weighted by atomic mass is 9.93. The molecule has 3 nitrogen and oxygen atoms in total. The Hall–Kier alpha value is -1.81. The second-order valence-corrected chi connectivity index (χ2v) is 6.66. The molecule has 0 spiro atoms. The first-order chi connectivity index (χ1) is 11.1. The van der Waals surface area contributed by atoms with E-state index in [2.05, 4.69) is 41.1 Å². The number of fused-ring (bicyclic) bond motifs is 1. The summed E-state index contributed by atoms with van der Waals surface area (Å²) in [6, 6.07) is 14.2. The minimum absolute atomic E-state index is 0.112. The molecule has 0 unspecified atom stereocenters. The molecule has 1 atom stereocenters. The number of methoxy groups -OCH3 is 1. The van der Waals surface area contributed by atoms with Gasteiger partial charge in [-0.05, 0) is 36.6 Å². The van der Waals surface area contributed by atoms with Gasteiger partial charge in [-0.1, -0.05) is 46.3 Å². The van der Waals surface area contributed by atoms with E-state index < -0.39 is 0 Å². The van der Waals surface area contributed by atoms with Gasteiger partial charge in [0, 0.05) is 16.6 Å². The van der Waals surface area contributed by atoms with E-state index in [1.54, 1.807) is 7.11 Å². The van der Waals surface area contributed by atoms with Gasteiger partial charge in [0.05, 0.1) is 19.6 Å². The fourth-order valence-corrected chi connectivity index (χ4v) is 3.76. The Morgan fingerprint density at radius 1 is 1.26 bits per heavy atom. The van der Waals surface area contributed by atoms with E-state index in [4.69, 9.17) is 4.74 Å². The molecule has 1 heterocycles. The molecule has 0 saturated heterocycles. The van der Waals surface area contributed by atoms with Gasteiger partial charge in [-0.25, -0.2) is 0 Å². The predicted molar refractivity (Wildman–Crippen MR) is 94.7 cm³/mol. The smallest absolute Gasteiger partial charge is 0.227 e. The number of amides is 1. The van der Waals surface area contributed by atoms with Crippen molar-refractivity contribution in [2.45, 2.75) is 25.8 Å². The van der Waals surface area contributed by atoms with Gasteiger partial charge in [-0.2, -0.15) is 0 Å². The summed E-state index contributed by atoms with van der Waals surface area (Å²) in [5, 5.41) is 0. The van der Waals surface area contributed by atoms with Crippen LogP contribution in [0, 0.1) is 0 Å². The predicted octanol–water partition coefficient (Wildman–Crippen LogP) is 4.15. The number of nitrogens with zero attached hydrogens (tertiary/aromatic N) is 1. The van der Waals surface area contributed by atoms with Crippen molar-refractivity contribution in [2.24, 2.45) is 0 Å². The summed E-state index contributed by atoms with van der Waals surface area (Å²) >= 11 is 3.53. The van der Waals surface area contributed by atoms with E-state index in [1.807, 2.05) is 29.2 Å². The van der Waals surface area contributed by atoms with Crippen LogP contribution in [0.5, 0.6) is 5.75 Å². The molecule has 0 aliphatic carbocycles. The number of halogens is 1. The van der Waals surface area contributed by atoms with Gasteiger partial charge in [-0.3, -0.25) is 4.79 Å². The van der Waals surface area contributed by atoms with Crippen molar-refractivity contribution in [3.8, 4) is 5.75 Å². The lowest BCUT2D eigenvalue weighted by Gasteiger charge is -2.35. The number of benzene rings is 2. The van der Waals surface area contributed by atoms with Crippen molar-refractivity contribution in [1.82, 2.24) is 4.90 Å². The first-order valence-electron chi connectivity index (χ1n) is 7.80. The minimum Gasteiger partial charge on any atom is -0.496 e. The maximum absolute atomic E-state index is 12.9. The molecular formula is C19H20BrNO2. The van der Waals surface area contributed by atoms with Crippen LogP contribution in [0.3, 0.4) is 0 Å². The van der Waals surface area contributed by atoms with Crippen LogP contribution in [0.1, 0.15) is 29.7 Å². The molecule has 0 radical (unpaired) electrons. The van der Waals surface area contributed by atoms with Gasteiger partial charge in [0.25, 0.3) is 0 Å². The molecule has 1 aliphatic rings. The number of carbonyl (C=O) groups is 1. The zero-order valence-corrected chi connectivity index (χ0v) is 15.0. The molecule has 0 aromatic heterocycles. The Morgan fingerprint density at radius 2 is 2.04 bits per heavy atom. The van der Waals surface area contributed by atoms with Gasteiger partial charge in [0.1, 0.15) is 5.75 Å². The lowest BCUT2D eigenvalue weighted by Crippen LogP contribution is -2.39. The Bertz CT molecular complexity index is 729. The molecule has 3 rings (SSSR count). The standard InChI is InChI=1S/C19H20BrNO2/c1-13-15-7-4-3-6-14(15)10-11-21(13)19(22)12-16-17(20)8-5-9-18(16)23-2/h3-9,13H,10-12H2,1-2H3/t13-/m0/s1. The molecule has 2 aromatic carbocycles. The van der Waals surface area contributed by atoms with Gasteiger partial charge < -0.3 is 9.64 Å². The molecule has 4 heteroatoms. The van der Waals surface area contributed by atoms with Gasteiger partial charge >= 0.3 is 0 Å². The van der Waals surface area contributed by atoms with Crippen LogP contribution in [-0.4, -0.2) is 24.5 Å². The monoisotopic (exact) mass is 373 g/mol. The van der Waals surface area contributed by atoms with Crippen molar-refractivity contribution in [3.63, 3.8) is 0 Å². The Morgan fingerprint density at radius 3 is 2.83 bits per heavy atom. The highest BCUT2D eigenvalue weighted by Crippen LogP contribution is 2.32. The summed E-state index contributed by atoms with van der Waals surface area (Å²) in [4.78, 5) is 14.8. The first kappa shape index (κ1) is 16.1. The molecule has 1 amide bonds. The highest BCUT2D eigenvalue weighted by molar-refractivity contribution is 9.10. The van der Waals surface area contributed by atoms with Gasteiger partial charge in [0.2, 0.25) is 5.91 Å². The molecule has 0 saturated carbocycles. The quantitative estimate of drug-likeness (QED) is 0.808. The number of rotatable bonds is 3. The molecule has 120 valence electrons. The molecule has 0 bridgehead atoms. The third-order valence-electron chi connectivity index (χ3n) is 4.54. The molecule has 0 N–H and O–H groups in total. The average Bonchev–Trinajstić information content (AvgIpc) is 2.57. The third-order valence-corrected chi connectivity index (χ3v) is 5.28. The largest absolute Gasteiger partial charge is 0.496 e. The second kappa shape index (κ2) is 6.75. The zero-order valence-electron chi connectivity index (χ0n) is 13.4. The van der Waals surface area contributed by atoms with E-state index in [0.29, 0.717) is 6.42 Å². The highest BCUT2D eigenvalue weighted by Gasteiger charge is 2.28. The van der Waals surface area contributed by atoms with E-state index in [9.17, 15) is 4.79 Å². The fourth-order valence-electron chi connectivity index (χ4n) is 3.27. The maximum atomic E-state index is 12.9. The van der Waals surface area contributed by atoms with Crippen LogP contribution in [0.2, 0.25) is 0 Å². The van der Waals surface area contributed by atoms with Crippen molar-refractivity contribution in [2.75, 3.05) is 13.7 Å². The number of hydrogen-bond acceptors (Lipinski definition) is 2. The maximum Gasteiger partial charge on any atom is 0.227 e. The summed E-state index contributed by atoms with van der Waals surface area (Å²) in [5.41, 5.74) is 3.51. The summed E-state index contributed by atoms with van der Waals surface area (Å²) in [6.07, 6.45) is 1.26. The Kier molecular flexibility index (Phi) is 4.71. The lowest BCUT2D eigenvalue weighted by molar-refractivity contribution is -0.133. The minimum atomic E-state index is 0.112. The topological polar surface area (TPSA) is 29.5 Å². The molecular weight excluding hydrogens is 354 g/mol. The number of hydrogen-bond donors (Lipinski definition) is 0. The van der Waals surface area contributed by atoms with E-state index in [1.165, 1.54) is 11.1 Å². The van der Waals surface area contributed by atoms with Crippen LogP contribution < -0.4 is 4.74 Å². The second-order valence-electron chi connectivity index (χ2n) is 5.81. The Labute approximate surface area is 145 Å². The molecule has 1 aliphatic heterocycles. The van der Waals surface area contributed by atoms with Crippen molar-refractivity contribution in [3.05, 3.63) is 63.6 Å². The van der Waals surface area contributed by atoms with Crippen molar-refractivity contribution in [1.29, 1.82) is 0 Å².